The second-order valence-electron chi connectivity index (χ2n) is 5.94. The van der Waals surface area contributed by atoms with Gasteiger partial charge in [0.1, 0.15) is 5.92 Å². The fourth-order valence-corrected chi connectivity index (χ4v) is 1.03. The Hall–Kier alpha value is -1.04. The molecule has 0 rings (SSSR count). The molecule has 16 heavy (non-hydrogen) atoms. The first kappa shape index (κ1) is 15.0. The molecule has 0 aromatic carbocycles. The van der Waals surface area contributed by atoms with Crippen LogP contribution in [0, 0.1) is 28.1 Å². The molecular formula is C13H24N2O. The van der Waals surface area contributed by atoms with Crippen molar-refractivity contribution in [3.05, 3.63) is 0 Å². The lowest BCUT2D eigenvalue weighted by molar-refractivity contribution is -0.124. The third-order valence-electron chi connectivity index (χ3n) is 3.62. The van der Waals surface area contributed by atoms with Gasteiger partial charge in [0.15, 0.2) is 0 Å². The monoisotopic (exact) mass is 224 g/mol. The molecule has 0 radical (unpaired) electrons. The van der Waals surface area contributed by atoms with Crippen molar-refractivity contribution in [2.45, 2.75) is 48.0 Å². The number of nitrogens with zero attached hydrogens (tertiary/aromatic N) is 1. The van der Waals surface area contributed by atoms with E-state index in [1.165, 1.54) is 0 Å². The summed E-state index contributed by atoms with van der Waals surface area (Å²) in [5.41, 5.74) is 0.130. The molecule has 0 bridgehead atoms. The van der Waals surface area contributed by atoms with Crippen LogP contribution in [0.2, 0.25) is 0 Å². The number of amides is 1. The number of carbonyl (C=O) groups excluding carboxylic acids is 1. The van der Waals surface area contributed by atoms with Gasteiger partial charge in [-0.2, -0.15) is 5.26 Å². The minimum atomic E-state index is -0.518. The Kier molecular flexibility index (Phi) is 4.99. The van der Waals surface area contributed by atoms with Crippen molar-refractivity contribution in [1.29, 1.82) is 5.26 Å². The highest BCUT2D eigenvalue weighted by atomic mass is 16.1. The van der Waals surface area contributed by atoms with Gasteiger partial charge in [-0.15, -0.1) is 0 Å². The topological polar surface area (TPSA) is 52.9 Å². The van der Waals surface area contributed by atoms with Gasteiger partial charge < -0.3 is 5.32 Å². The van der Waals surface area contributed by atoms with Gasteiger partial charge in [-0.3, -0.25) is 4.79 Å². The third-order valence-corrected chi connectivity index (χ3v) is 3.62. The SMILES string of the molecule is CCC(C#N)C(=O)NCC(C)(C)C(C)(C)C. The average molecular weight is 224 g/mol. The Bertz CT molecular complexity index is 281. The first-order valence-electron chi connectivity index (χ1n) is 5.83. The highest BCUT2D eigenvalue weighted by molar-refractivity contribution is 5.80. The van der Waals surface area contributed by atoms with Crippen LogP contribution < -0.4 is 5.32 Å². The lowest BCUT2D eigenvalue weighted by Crippen LogP contribution is -2.43. The highest BCUT2D eigenvalue weighted by Crippen LogP contribution is 2.36. The molecule has 1 amide bonds. The first-order valence-corrected chi connectivity index (χ1v) is 5.83. The number of rotatable bonds is 4. The fourth-order valence-electron chi connectivity index (χ4n) is 1.03. The summed E-state index contributed by atoms with van der Waals surface area (Å²) >= 11 is 0. The zero-order valence-corrected chi connectivity index (χ0v) is 11.3. The van der Waals surface area contributed by atoms with E-state index in [9.17, 15) is 4.79 Å². The molecule has 0 spiro atoms. The Balaban J connectivity index is 4.37. The van der Waals surface area contributed by atoms with Crippen LogP contribution >= 0.6 is 0 Å². The zero-order valence-electron chi connectivity index (χ0n) is 11.3. The van der Waals surface area contributed by atoms with Crippen LogP contribution in [-0.4, -0.2) is 12.5 Å². The van der Waals surface area contributed by atoms with Crippen LogP contribution in [0.3, 0.4) is 0 Å². The average Bonchev–Trinajstić information content (AvgIpc) is 2.15. The highest BCUT2D eigenvalue weighted by Gasteiger charge is 2.33. The first-order chi connectivity index (χ1) is 7.15. The molecule has 0 heterocycles. The van der Waals surface area contributed by atoms with Crippen molar-refractivity contribution in [2.75, 3.05) is 6.54 Å². The standard InChI is InChI=1S/C13H24N2O/c1-7-10(8-14)11(16)15-9-13(5,6)12(2,3)4/h10H,7,9H2,1-6H3,(H,15,16). The van der Waals surface area contributed by atoms with Crippen molar-refractivity contribution in [2.24, 2.45) is 16.7 Å². The van der Waals surface area contributed by atoms with Gasteiger partial charge in [-0.05, 0) is 17.3 Å². The number of carbonyl (C=O) groups is 1. The normalized spacial score (nSPS) is 14.1. The van der Waals surface area contributed by atoms with Crippen molar-refractivity contribution in [3.8, 4) is 6.07 Å². The van der Waals surface area contributed by atoms with Gasteiger partial charge in [0, 0.05) is 6.54 Å². The van der Waals surface area contributed by atoms with E-state index in [1.807, 2.05) is 13.0 Å². The predicted octanol–water partition coefficient (Wildman–Crippen LogP) is 2.72. The van der Waals surface area contributed by atoms with E-state index in [1.54, 1.807) is 0 Å². The van der Waals surface area contributed by atoms with Crippen LogP contribution in [0.5, 0.6) is 0 Å². The quantitative estimate of drug-likeness (QED) is 0.798. The van der Waals surface area contributed by atoms with E-state index >= 15 is 0 Å². The van der Waals surface area contributed by atoms with Crippen LogP contribution in [0.25, 0.3) is 0 Å². The van der Waals surface area contributed by atoms with E-state index in [2.05, 4.69) is 39.9 Å². The van der Waals surface area contributed by atoms with Gasteiger partial charge in [-0.25, -0.2) is 0 Å². The molecule has 0 saturated carbocycles. The summed E-state index contributed by atoms with van der Waals surface area (Å²) in [6, 6.07) is 2.01. The summed E-state index contributed by atoms with van der Waals surface area (Å²) in [6.45, 7) is 13.2. The molecule has 1 N–H and O–H groups in total. The van der Waals surface area contributed by atoms with Crippen molar-refractivity contribution < 1.29 is 4.79 Å². The molecule has 0 aliphatic heterocycles. The number of nitrogens with one attached hydrogen (secondary N) is 1. The summed E-state index contributed by atoms with van der Waals surface area (Å²) in [5, 5.41) is 11.6. The van der Waals surface area contributed by atoms with Gasteiger partial charge in [0.2, 0.25) is 5.91 Å². The van der Waals surface area contributed by atoms with Gasteiger partial charge in [0.05, 0.1) is 6.07 Å². The molecule has 92 valence electrons. The number of nitriles is 1. The maximum absolute atomic E-state index is 11.6. The lowest BCUT2D eigenvalue weighted by Gasteiger charge is -2.39. The van der Waals surface area contributed by atoms with Gasteiger partial charge in [0.25, 0.3) is 0 Å². The Morgan fingerprint density at radius 1 is 1.31 bits per heavy atom. The molecule has 0 aromatic heterocycles. The Morgan fingerprint density at radius 3 is 2.12 bits per heavy atom. The second kappa shape index (κ2) is 5.34. The largest absolute Gasteiger partial charge is 0.354 e. The summed E-state index contributed by atoms with van der Waals surface area (Å²) in [6.07, 6.45) is 0.568. The van der Waals surface area contributed by atoms with Crippen LogP contribution in [-0.2, 0) is 4.79 Å². The van der Waals surface area contributed by atoms with E-state index in [0.717, 1.165) is 0 Å². The smallest absolute Gasteiger partial charge is 0.237 e. The molecule has 0 fully saturated rings. The number of hydrogen-bond acceptors (Lipinski definition) is 2. The van der Waals surface area contributed by atoms with Crippen molar-refractivity contribution >= 4 is 5.91 Å². The molecule has 3 nitrogen and oxygen atoms in total. The van der Waals surface area contributed by atoms with Crippen molar-refractivity contribution in [1.82, 2.24) is 5.32 Å². The van der Waals surface area contributed by atoms with Gasteiger partial charge >= 0.3 is 0 Å². The maximum Gasteiger partial charge on any atom is 0.237 e. The fraction of sp³-hybridized carbons (Fsp3) is 0.846. The minimum Gasteiger partial charge on any atom is -0.354 e. The molecule has 1 atom stereocenters. The molecule has 0 aromatic rings. The summed E-state index contributed by atoms with van der Waals surface area (Å²) < 4.78 is 0. The lowest BCUT2D eigenvalue weighted by atomic mass is 9.69. The molecule has 1 unspecified atom stereocenters. The Morgan fingerprint density at radius 2 is 1.81 bits per heavy atom. The Labute approximate surface area is 99.2 Å². The van der Waals surface area contributed by atoms with E-state index < -0.39 is 5.92 Å². The van der Waals surface area contributed by atoms with Crippen molar-refractivity contribution in [3.63, 3.8) is 0 Å². The minimum absolute atomic E-state index is 0.0103. The molecular weight excluding hydrogens is 200 g/mol. The number of hydrogen-bond donors (Lipinski definition) is 1. The summed E-state index contributed by atoms with van der Waals surface area (Å²) in [7, 11) is 0. The maximum atomic E-state index is 11.6. The van der Waals surface area contributed by atoms with Crippen LogP contribution in [0.1, 0.15) is 48.0 Å². The molecule has 3 heteroatoms. The van der Waals surface area contributed by atoms with Crippen LogP contribution in [0.4, 0.5) is 0 Å². The van der Waals surface area contributed by atoms with E-state index in [4.69, 9.17) is 5.26 Å². The zero-order chi connectivity index (χ0) is 13.0. The molecule has 0 aliphatic rings. The third kappa shape index (κ3) is 3.84. The second-order valence-corrected chi connectivity index (χ2v) is 5.94. The summed E-state index contributed by atoms with van der Waals surface area (Å²) in [4.78, 5) is 11.6. The molecule has 0 saturated heterocycles. The van der Waals surface area contributed by atoms with Crippen LogP contribution in [0.15, 0.2) is 0 Å². The summed E-state index contributed by atoms with van der Waals surface area (Å²) in [5.74, 6) is -0.668. The molecule has 0 aliphatic carbocycles. The van der Waals surface area contributed by atoms with Gasteiger partial charge in [-0.1, -0.05) is 41.5 Å². The van der Waals surface area contributed by atoms with E-state index in [-0.39, 0.29) is 16.7 Å². The van der Waals surface area contributed by atoms with E-state index in [0.29, 0.717) is 13.0 Å². The predicted molar refractivity (Wildman–Crippen MR) is 65.6 cm³/mol.